The predicted octanol–water partition coefficient (Wildman–Crippen LogP) is 3.20. The Hall–Kier alpha value is -2.17. The molecule has 0 radical (unpaired) electrons. The molecule has 10 heteroatoms. The molecule has 0 bridgehead atoms. The summed E-state index contributed by atoms with van der Waals surface area (Å²) < 4.78 is 38.1. The van der Waals surface area contributed by atoms with Gasteiger partial charge in [0, 0.05) is 25.7 Å². The second-order valence-electron chi connectivity index (χ2n) is 7.82. The fourth-order valence-corrected chi connectivity index (χ4v) is 6.01. The Labute approximate surface area is 174 Å². The molecule has 0 spiro atoms. The molecule has 2 aromatic heterocycles. The number of carbonyl (C=O) groups is 2. The van der Waals surface area contributed by atoms with Crippen LogP contribution in [0.25, 0.3) is 0 Å². The number of rotatable bonds is 4. The number of hydrogen-bond acceptors (Lipinski definition) is 7. The zero-order valence-electron chi connectivity index (χ0n) is 16.7. The van der Waals surface area contributed by atoms with Gasteiger partial charge in [0.05, 0.1) is 11.1 Å². The van der Waals surface area contributed by atoms with Crippen molar-refractivity contribution in [2.45, 2.75) is 43.5 Å². The van der Waals surface area contributed by atoms with Crippen LogP contribution < -0.4 is 0 Å². The van der Waals surface area contributed by atoms with Crippen molar-refractivity contribution in [2.75, 3.05) is 19.6 Å². The van der Waals surface area contributed by atoms with Gasteiger partial charge in [-0.15, -0.1) is 11.3 Å². The van der Waals surface area contributed by atoms with Gasteiger partial charge in [-0.05, 0) is 52.0 Å². The number of ether oxygens (including phenoxy) is 1. The Morgan fingerprint density at radius 2 is 1.93 bits per heavy atom. The van der Waals surface area contributed by atoms with Crippen LogP contribution in [-0.4, -0.2) is 60.8 Å². The first-order chi connectivity index (χ1) is 13.5. The number of sulfonamides is 1. The van der Waals surface area contributed by atoms with Crippen LogP contribution in [0.5, 0.6) is 0 Å². The number of furan rings is 1. The molecule has 0 aliphatic carbocycles. The quantitative estimate of drug-likeness (QED) is 0.678. The van der Waals surface area contributed by atoms with Crippen LogP contribution >= 0.6 is 11.3 Å². The molecule has 29 heavy (non-hydrogen) atoms. The minimum Gasteiger partial charge on any atom is -0.461 e. The van der Waals surface area contributed by atoms with E-state index in [1.54, 1.807) is 33.8 Å². The number of carbonyl (C=O) groups excluding carboxylic acids is 2. The highest BCUT2D eigenvalue weighted by molar-refractivity contribution is 7.91. The van der Waals surface area contributed by atoms with Crippen LogP contribution in [0.2, 0.25) is 0 Å². The highest BCUT2D eigenvalue weighted by Gasteiger charge is 2.37. The number of piperazine rings is 1. The molecule has 1 atom stereocenters. The molecule has 0 N–H and O–H groups in total. The number of nitrogens with zero attached hydrogens (tertiary/aromatic N) is 2. The van der Waals surface area contributed by atoms with E-state index in [-0.39, 0.29) is 35.4 Å². The lowest BCUT2D eigenvalue weighted by Crippen LogP contribution is -2.55. The van der Waals surface area contributed by atoms with Crippen molar-refractivity contribution in [3.8, 4) is 0 Å². The van der Waals surface area contributed by atoms with Gasteiger partial charge in [-0.1, -0.05) is 0 Å². The van der Waals surface area contributed by atoms with Gasteiger partial charge in [-0.25, -0.2) is 13.2 Å². The highest BCUT2D eigenvalue weighted by Crippen LogP contribution is 2.29. The van der Waals surface area contributed by atoms with Gasteiger partial charge < -0.3 is 14.1 Å². The summed E-state index contributed by atoms with van der Waals surface area (Å²) in [5.41, 5.74) is -0.614. The van der Waals surface area contributed by atoms with E-state index in [4.69, 9.17) is 9.15 Å². The molecule has 1 fully saturated rings. The largest absolute Gasteiger partial charge is 0.461 e. The summed E-state index contributed by atoms with van der Waals surface area (Å²) in [6.07, 6.45) is 0.938. The van der Waals surface area contributed by atoms with Crippen molar-refractivity contribution in [1.82, 2.24) is 9.21 Å². The first-order valence-corrected chi connectivity index (χ1v) is 11.4. The summed E-state index contributed by atoms with van der Waals surface area (Å²) in [6.45, 7) is 7.73. The standard InChI is InChI=1S/C19H24N2O6S2/c1-13-12-20(18(23)27-19(2,3)4)9-10-21(13)29(24,25)16-8-7-15(28-16)17(22)14-6-5-11-26-14/h5-8,11,13H,9-10,12H2,1-4H3. The average Bonchev–Trinajstić information content (AvgIpc) is 3.31. The Morgan fingerprint density at radius 1 is 1.21 bits per heavy atom. The lowest BCUT2D eigenvalue weighted by Gasteiger charge is -2.39. The highest BCUT2D eigenvalue weighted by atomic mass is 32.2. The molecule has 3 heterocycles. The maximum atomic E-state index is 13.1. The molecular formula is C19H24N2O6S2. The van der Waals surface area contributed by atoms with Crippen LogP contribution in [0.15, 0.2) is 39.2 Å². The van der Waals surface area contributed by atoms with Crippen molar-refractivity contribution in [3.05, 3.63) is 41.2 Å². The maximum absolute atomic E-state index is 13.1. The van der Waals surface area contributed by atoms with E-state index in [9.17, 15) is 18.0 Å². The molecule has 2 aromatic rings. The van der Waals surface area contributed by atoms with Gasteiger partial charge in [0.2, 0.25) is 5.78 Å². The van der Waals surface area contributed by atoms with Crippen LogP contribution in [0, 0.1) is 0 Å². The molecule has 3 rings (SSSR count). The smallest absolute Gasteiger partial charge is 0.410 e. The van der Waals surface area contributed by atoms with E-state index in [0.717, 1.165) is 11.3 Å². The van der Waals surface area contributed by atoms with Gasteiger partial charge in [0.15, 0.2) is 5.76 Å². The van der Waals surface area contributed by atoms with Crippen LogP contribution in [-0.2, 0) is 14.8 Å². The van der Waals surface area contributed by atoms with Gasteiger partial charge in [0.25, 0.3) is 10.0 Å². The summed E-state index contributed by atoms with van der Waals surface area (Å²) in [7, 11) is -3.79. The summed E-state index contributed by atoms with van der Waals surface area (Å²) in [4.78, 5) is 26.4. The van der Waals surface area contributed by atoms with Gasteiger partial charge in [-0.3, -0.25) is 4.79 Å². The number of ketones is 1. The van der Waals surface area contributed by atoms with Gasteiger partial charge in [0.1, 0.15) is 9.81 Å². The molecule has 1 unspecified atom stereocenters. The zero-order valence-corrected chi connectivity index (χ0v) is 18.4. The second kappa shape index (κ2) is 7.92. The van der Waals surface area contributed by atoms with Gasteiger partial charge in [-0.2, -0.15) is 4.31 Å². The summed E-state index contributed by atoms with van der Waals surface area (Å²) >= 11 is 0.912. The molecule has 8 nitrogen and oxygen atoms in total. The summed E-state index contributed by atoms with van der Waals surface area (Å²) in [6, 6.07) is 5.64. The Balaban J connectivity index is 1.72. The number of amides is 1. The van der Waals surface area contributed by atoms with Crippen molar-refractivity contribution in [1.29, 1.82) is 0 Å². The Kier molecular flexibility index (Phi) is 5.88. The van der Waals surface area contributed by atoms with Crippen LogP contribution in [0.1, 0.15) is 43.1 Å². The Bertz CT molecular complexity index is 988. The van der Waals surface area contributed by atoms with E-state index >= 15 is 0 Å². The Morgan fingerprint density at radius 3 is 2.52 bits per heavy atom. The third kappa shape index (κ3) is 4.71. The van der Waals surface area contributed by atoms with Crippen LogP contribution in [0.3, 0.4) is 0 Å². The van der Waals surface area contributed by atoms with Crippen molar-refractivity contribution in [2.24, 2.45) is 0 Å². The maximum Gasteiger partial charge on any atom is 0.410 e. The minimum atomic E-state index is -3.79. The van der Waals surface area contributed by atoms with E-state index in [2.05, 4.69) is 0 Å². The molecule has 1 aliphatic heterocycles. The second-order valence-corrected chi connectivity index (χ2v) is 11.0. The lowest BCUT2D eigenvalue weighted by molar-refractivity contribution is 0.0143. The molecule has 158 valence electrons. The SMILES string of the molecule is CC1CN(C(=O)OC(C)(C)C)CCN1S(=O)(=O)c1ccc(C(=O)c2ccco2)s1. The first-order valence-electron chi connectivity index (χ1n) is 9.17. The van der Waals surface area contributed by atoms with E-state index < -0.39 is 27.8 Å². The summed E-state index contributed by atoms with van der Waals surface area (Å²) in [5.74, 6) is -0.195. The monoisotopic (exact) mass is 440 g/mol. The minimum absolute atomic E-state index is 0.0879. The van der Waals surface area contributed by atoms with Crippen LogP contribution in [0.4, 0.5) is 4.79 Å². The van der Waals surface area contributed by atoms with Crippen molar-refractivity contribution < 1.29 is 27.2 Å². The number of thiophene rings is 1. The van der Waals surface area contributed by atoms with Crippen molar-refractivity contribution >= 4 is 33.2 Å². The average molecular weight is 441 g/mol. The van der Waals surface area contributed by atoms with E-state index in [1.165, 1.54) is 33.7 Å². The molecule has 1 amide bonds. The fourth-order valence-electron chi connectivity index (χ4n) is 3.02. The third-order valence-corrected chi connectivity index (χ3v) is 7.90. The topological polar surface area (TPSA) is 97.1 Å². The zero-order chi connectivity index (χ0) is 21.4. The molecular weight excluding hydrogens is 416 g/mol. The number of hydrogen-bond donors (Lipinski definition) is 0. The molecule has 1 aliphatic rings. The lowest BCUT2D eigenvalue weighted by atomic mass is 10.2. The fraction of sp³-hybridized carbons (Fsp3) is 0.474. The first kappa shape index (κ1) is 21.5. The van der Waals surface area contributed by atoms with E-state index in [1.807, 2.05) is 0 Å². The van der Waals surface area contributed by atoms with Crippen molar-refractivity contribution in [3.63, 3.8) is 0 Å². The molecule has 0 saturated carbocycles. The molecule has 1 saturated heterocycles. The van der Waals surface area contributed by atoms with Gasteiger partial charge >= 0.3 is 6.09 Å². The van der Waals surface area contributed by atoms with E-state index in [0.29, 0.717) is 4.88 Å². The summed E-state index contributed by atoms with van der Waals surface area (Å²) in [5, 5.41) is 0. The predicted molar refractivity (Wildman–Crippen MR) is 108 cm³/mol. The normalized spacial score (nSPS) is 18.6. The third-order valence-electron chi connectivity index (χ3n) is 4.33. The molecule has 0 aromatic carbocycles.